The number of hydrogen-bond acceptors (Lipinski definition) is 3. The Kier molecular flexibility index (Phi) is 8.80. The van der Waals surface area contributed by atoms with Crippen molar-refractivity contribution in [2.75, 3.05) is 52.9 Å². The number of guanidine groups is 1. The van der Waals surface area contributed by atoms with E-state index < -0.39 is 0 Å². The molecule has 3 aliphatic rings. The van der Waals surface area contributed by atoms with E-state index in [0.717, 1.165) is 58.1 Å². The molecule has 4 rings (SSSR count). The van der Waals surface area contributed by atoms with Crippen molar-refractivity contribution in [1.29, 1.82) is 0 Å². The van der Waals surface area contributed by atoms with Crippen molar-refractivity contribution in [2.24, 2.45) is 4.99 Å². The maximum atomic E-state index is 12.6. The zero-order valence-corrected chi connectivity index (χ0v) is 20.5. The summed E-state index contributed by atoms with van der Waals surface area (Å²) in [6, 6.07) is 11.2. The van der Waals surface area contributed by atoms with Crippen molar-refractivity contribution in [3.63, 3.8) is 0 Å². The lowest BCUT2D eigenvalue weighted by atomic mass is 10.1. The fraction of sp³-hybridized carbons (Fsp3) is 0.652. The summed E-state index contributed by atoms with van der Waals surface area (Å²) >= 11 is 0. The monoisotopic (exact) mass is 525 g/mol. The van der Waals surface area contributed by atoms with Crippen molar-refractivity contribution in [1.82, 2.24) is 20.0 Å². The molecule has 0 bridgehead atoms. The number of amides is 1. The molecule has 6 nitrogen and oxygen atoms in total. The van der Waals surface area contributed by atoms with E-state index in [1.807, 2.05) is 7.05 Å². The number of hydrogen-bond donors (Lipinski definition) is 1. The highest BCUT2D eigenvalue weighted by atomic mass is 127. The minimum Gasteiger partial charge on any atom is -0.353 e. The van der Waals surface area contributed by atoms with Crippen LogP contribution in [0.1, 0.15) is 43.6 Å². The van der Waals surface area contributed by atoms with E-state index in [9.17, 15) is 4.79 Å². The summed E-state index contributed by atoms with van der Waals surface area (Å²) in [5.41, 5.74) is 1.41. The number of aliphatic imine (C=N–C) groups is 1. The number of halogens is 1. The fourth-order valence-corrected chi connectivity index (χ4v) is 4.62. The van der Waals surface area contributed by atoms with Crippen molar-refractivity contribution >= 4 is 35.8 Å². The zero-order valence-electron chi connectivity index (χ0n) is 18.1. The van der Waals surface area contributed by atoms with Crippen LogP contribution in [-0.4, -0.2) is 85.5 Å². The predicted molar refractivity (Wildman–Crippen MR) is 133 cm³/mol. The second-order valence-corrected chi connectivity index (χ2v) is 8.61. The Balaban J connectivity index is 0.00000256. The summed E-state index contributed by atoms with van der Waals surface area (Å²) in [5.74, 6) is 1.92. The van der Waals surface area contributed by atoms with Crippen molar-refractivity contribution in [2.45, 2.75) is 44.1 Å². The summed E-state index contributed by atoms with van der Waals surface area (Å²) in [7, 11) is 1.87. The minimum atomic E-state index is 0. The Morgan fingerprint density at radius 3 is 2.27 bits per heavy atom. The van der Waals surface area contributed by atoms with Crippen LogP contribution in [0.2, 0.25) is 0 Å². The molecule has 166 valence electrons. The van der Waals surface area contributed by atoms with E-state index in [0.29, 0.717) is 24.4 Å². The molecule has 1 aromatic carbocycles. The van der Waals surface area contributed by atoms with Gasteiger partial charge in [-0.25, -0.2) is 0 Å². The maximum Gasteiger partial charge on any atom is 0.236 e. The Morgan fingerprint density at radius 2 is 1.63 bits per heavy atom. The quantitative estimate of drug-likeness (QED) is 0.373. The highest BCUT2D eigenvalue weighted by Gasteiger charge is 2.39. The van der Waals surface area contributed by atoms with Crippen LogP contribution in [0.15, 0.2) is 35.3 Å². The molecule has 1 N–H and O–H groups in total. The van der Waals surface area contributed by atoms with Crippen LogP contribution in [0.5, 0.6) is 0 Å². The Morgan fingerprint density at radius 1 is 0.967 bits per heavy atom. The maximum absolute atomic E-state index is 12.6. The predicted octanol–water partition coefficient (Wildman–Crippen LogP) is 2.76. The molecular formula is C23H36IN5O. The molecule has 2 unspecified atom stereocenters. The molecule has 1 amide bonds. The lowest BCUT2D eigenvalue weighted by Crippen LogP contribution is -2.54. The first-order chi connectivity index (χ1) is 14.2. The van der Waals surface area contributed by atoms with Gasteiger partial charge in [-0.05, 0) is 24.8 Å². The molecule has 2 saturated heterocycles. The number of rotatable bonds is 4. The second-order valence-electron chi connectivity index (χ2n) is 8.61. The van der Waals surface area contributed by atoms with Crippen molar-refractivity contribution < 1.29 is 4.79 Å². The summed E-state index contributed by atoms with van der Waals surface area (Å²) in [4.78, 5) is 23.9. The third-order valence-electron chi connectivity index (χ3n) is 6.53. The first-order valence-corrected chi connectivity index (χ1v) is 11.3. The molecular weight excluding hydrogens is 489 g/mol. The van der Waals surface area contributed by atoms with Gasteiger partial charge in [-0.15, -0.1) is 24.0 Å². The number of piperazine rings is 1. The van der Waals surface area contributed by atoms with E-state index >= 15 is 0 Å². The highest BCUT2D eigenvalue weighted by molar-refractivity contribution is 14.0. The first-order valence-electron chi connectivity index (χ1n) is 11.3. The van der Waals surface area contributed by atoms with E-state index in [1.165, 1.54) is 24.8 Å². The van der Waals surface area contributed by atoms with Gasteiger partial charge in [-0.1, -0.05) is 43.2 Å². The van der Waals surface area contributed by atoms with Gasteiger partial charge >= 0.3 is 0 Å². The van der Waals surface area contributed by atoms with Gasteiger partial charge in [0.15, 0.2) is 5.96 Å². The molecule has 2 atom stereocenters. The summed E-state index contributed by atoms with van der Waals surface area (Å²) in [5, 5.41) is 3.66. The Labute approximate surface area is 198 Å². The van der Waals surface area contributed by atoms with E-state index in [4.69, 9.17) is 0 Å². The van der Waals surface area contributed by atoms with Crippen LogP contribution >= 0.6 is 24.0 Å². The second kappa shape index (κ2) is 11.3. The van der Waals surface area contributed by atoms with Crippen molar-refractivity contribution in [3.8, 4) is 0 Å². The Hall–Kier alpha value is -1.35. The smallest absolute Gasteiger partial charge is 0.236 e. The van der Waals surface area contributed by atoms with Crippen LogP contribution in [0, 0.1) is 0 Å². The molecule has 0 aromatic heterocycles. The summed E-state index contributed by atoms with van der Waals surface area (Å²) in [6.07, 6.45) is 6.02. The molecule has 1 saturated carbocycles. The van der Waals surface area contributed by atoms with Gasteiger partial charge in [0, 0.05) is 58.3 Å². The van der Waals surface area contributed by atoms with Gasteiger partial charge < -0.3 is 15.1 Å². The fourth-order valence-electron chi connectivity index (χ4n) is 4.62. The Bertz CT molecular complexity index is 697. The van der Waals surface area contributed by atoms with Gasteiger partial charge in [0.25, 0.3) is 0 Å². The van der Waals surface area contributed by atoms with Gasteiger partial charge in [0.05, 0.1) is 6.54 Å². The van der Waals surface area contributed by atoms with E-state index in [-0.39, 0.29) is 24.0 Å². The minimum absolute atomic E-state index is 0. The van der Waals surface area contributed by atoms with Crippen LogP contribution in [0.25, 0.3) is 0 Å². The van der Waals surface area contributed by atoms with Crippen LogP contribution < -0.4 is 5.32 Å². The third kappa shape index (κ3) is 6.09. The van der Waals surface area contributed by atoms with E-state index in [2.05, 4.69) is 55.3 Å². The van der Waals surface area contributed by atoms with Crippen LogP contribution in [-0.2, 0) is 4.79 Å². The van der Waals surface area contributed by atoms with Crippen molar-refractivity contribution in [3.05, 3.63) is 35.9 Å². The largest absolute Gasteiger partial charge is 0.353 e. The number of nitrogens with one attached hydrogen (secondary N) is 1. The molecule has 2 aliphatic heterocycles. The standard InChI is InChI=1S/C23H35N5O.HI/c1-24-23(25-21-17-20(21)19-9-5-4-6-10-19)28-15-13-26(14-16-28)18-22(29)27-11-7-2-3-8-12-27;/h4-6,9-10,20-21H,2-3,7-8,11-18H2,1H3,(H,24,25);1H. The molecule has 1 aromatic rings. The van der Waals surface area contributed by atoms with Gasteiger partial charge in [0.1, 0.15) is 0 Å². The zero-order chi connectivity index (χ0) is 20.1. The molecule has 7 heteroatoms. The molecule has 30 heavy (non-hydrogen) atoms. The molecule has 2 heterocycles. The number of nitrogens with zero attached hydrogens (tertiary/aromatic N) is 4. The van der Waals surface area contributed by atoms with Gasteiger partial charge in [-0.3, -0.25) is 14.7 Å². The lowest BCUT2D eigenvalue weighted by Gasteiger charge is -2.37. The number of carbonyl (C=O) groups is 1. The SMILES string of the molecule is CN=C(NC1CC1c1ccccc1)N1CCN(CC(=O)N2CCCCCC2)CC1.I. The highest BCUT2D eigenvalue weighted by Crippen LogP contribution is 2.40. The molecule has 0 radical (unpaired) electrons. The number of carbonyl (C=O) groups excluding carboxylic acids is 1. The average molecular weight is 525 g/mol. The van der Waals surface area contributed by atoms with Crippen LogP contribution in [0.4, 0.5) is 0 Å². The van der Waals surface area contributed by atoms with Gasteiger partial charge in [-0.2, -0.15) is 0 Å². The number of likely N-dealkylation sites (tertiary alicyclic amines) is 1. The van der Waals surface area contributed by atoms with Gasteiger partial charge in [0.2, 0.25) is 5.91 Å². The first kappa shape index (κ1) is 23.3. The third-order valence-corrected chi connectivity index (χ3v) is 6.53. The summed E-state index contributed by atoms with van der Waals surface area (Å²) in [6.45, 7) is 6.16. The van der Waals surface area contributed by atoms with Crippen LogP contribution in [0.3, 0.4) is 0 Å². The van der Waals surface area contributed by atoms with E-state index in [1.54, 1.807) is 0 Å². The normalized spacial score (nSPS) is 25.3. The number of benzene rings is 1. The topological polar surface area (TPSA) is 51.2 Å². The summed E-state index contributed by atoms with van der Waals surface area (Å²) < 4.78 is 0. The lowest BCUT2D eigenvalue weighted by molar-refractivity contribution is -0.132. The molecule has 0 spiro atoms. The molecule has 3 fully saturated rings. The average Bonchev–Trinajstić information content (AvgIpc) is 3.57. The molecule has 1 aliphatic carbocycles.